The van der Waals surface area contributed by atoms with E-state index in [2.05, 4.69) is 40.9 Å². The number of aromatic nitrogens is 1. The lowest BCUT2D eigenvalue weighted by molar-refractivity contribution is 1.25. The molecule has 0 aliphatic rings. The van der Waals surface area contributed by atoms with E-state index in [1.54, 1.807) is 0 Å². The topological polar surface area (TPSA) is 4.41 Å². The van der Waals surface area contributed by atoms with Crippen molar-refractivity contribution < 1.29 is 0 Å². The molecule has 0 atom stereocenters. The SMILES string of the molecule is [c]1c2ccccc2n2ccccc12. The third-order valence-electron chi connectivity index (χ3n) is 2.29. The summed E-state index contributed by atoms with van der Waals surface area (Å²) in [6.07, 6.45) is 2.06. The lowest BCUT2D eigenvalue weighted by atomic mass is 10.2. The van der Waals surface area contributed by atoms with Crippen molar-refractivity contribution in [3.05, 3.63) is 54.7 Å². The predicted molar refractivity (Wildman–Crippen MR) is 53.7 cm³/mol. The van der Waals surface area contributed by atoms with Crippen molar-refractivity contribution in [3.63, 3.8) is 0 Å². The first-order valence-electron chi connectivity index (χ1n) is 4.32. The van der Waals surface area contributed by atoms with Gasteiger partial charge < -0.3 is 4.40 Å². The predicted octanol–water partition coefficient (Wildman–Crippen LogP) is 2.89. The maximum Gasteiger partial charge on any atom is 0.0541 e. The molecule has 0 amide bonds. The fourth-order valence-corrected chi connectivity index (χ4v) is 1.68. The van der Waals surface area contributed by atoms with Crippen LogP contribution in [0.3, 0.4) is 0 Å². The molecule has 0 bridgehead atoms. The highest BCUT2D eigenvalue weighted by Gasteiger charge is 1.99. The molecule has 1 nitrogen and oxygen atoms in total. The van der Waals surface area contributed by atoms with Gasteiger partial charge in [-0.05, 0) is 18.2 Å². The second-order valence-electron chi connectivity index (χ2n) is 3.10. The van der Waals surface area contributed by atoms with Crippen LogP contribution in [0.4, 0.5) is 0 Å². The normalized spacial score (nSPS) is 11.1. The molecule has 1 aromatic carbocycles. The summed E-state index contributed by atoms with van der Waals surface area (Å²) in [6, 6.07) is 17.8. The van der Waals surface area contributed by atoms with Gasteiger partial charge in [-0.25, -0.2) is 0 Å². The Morgan fingerprint density at radius 2 is 1.77 bits per heavy atom. The van der Waals surface area contributed by atoms with E-state index >= 15 is 0 Å². The number of rotatable bonds is 0. The van der Waals surface area contributed by atoms with Crippen LogP contribution in [-0.4, -0.2) is 4.40 Å². The van der Waals surface area contributed by atoms with Gasteiger partial charge in [-0.3, -0.25) is 0 Å². The van der Waals surface area contributed by atoms with Crippen LogP contribution in [0.2, 0.25) is 0 Å². The summed E-state index contributed by atoms with van der Waals surface area (Å²) >= 11 is 0. The van der Waals surface area contributed by atoms with Gasteiger partial charge in [0.25, 0.3) is 0 Å². The molecule has 61 valence electrons. The second-order valence-corrected chi connectivity index (χ2v) is 3.10. The third kappa shape index (κ3) is 0.872. The molecule has 0 aliphatic heterocycles. The third-order valence-corrected chi connectivity index (χ3v) is 2.29. The van der Waals surface area contributed by atoms with Crippen molar-refractivity contribution in [2.45, 2.75) is 0 Å². The Morgan fingerprint density at radius 3 is 2.77 bits per heavy atom. The minimum Gasteiger partial charge on any atom is -0.316 e. The van der Waals surface area contributed by atoms with Crippen molar-refractivity contribution in [2.24, 2.45) is 0 Å². The first-order chi connectivity index (χ1) is 6.45. The lowest BCUT2D eigenvalue weighted by Gasteiger charge is -1.93. The highest BCUT2D eigenvalue weighted by atomic mass is 14.9. The summed E-state index contributed by atoms with van der Waals surface area (Å²) in [7, 11) is 0. The zero-order chi connectivity index (χ0) is 8.67. The molecule has 13 heavy (non-hydrogen) atoms. The molecule has 2 heterocycles. The second kappa shape index (κ2) is 2.36. The van der Waals surface area contributed by atoms with Crippen molar-refractivity contribution in [3.8, 4) is 0 Å². The van der Waals surface area contributed by atoms with E-state index in [9.17, 15) is 0 Å². The Morgan fingerprint density at radius 1 is 0.923 bits per heavy atom. The molecular formula is C12H8N. The first-order valence-corrected chi connectivity index (χ1v) is 4.32. The van der Waals surface area contributed by atoms with Crippen LogP contribution in [0.25, 0.3) is 16.4 Å². The van der Waals surface area contributed by atoms with E-state index in [1.807, 2.05) is 18.2 Å². The molecule has 0 saturated heterocycles. The van der Waals surface area contributed by atoms with Crippen LogP contribution in [0.15, 0.2) is 48.7 Å². The van der Waals surface area contributed by atoms with Crippen molar-refractivity contribution in [1.82, 2.24) is 4.40 Å². The van der Waals surface area contributed by atoms with Gasteiger partial charge in [-0.15, -0.1) is 0 Å². The molecule has 0 aliphatic carbocycles. The average molecular weight is 166 g/mol. The van der Waals surface area contributed by atoms with E-state index in [-0.39, 0.29) is 0 Å². The van der Waals surface area contributed by atoms with Gasteiger partial charge in [0.2, 0.25) is 0 Å². The maximum atomic E-state index is 3.34. The lowest BCUT2D eigenvalue weighted by Crippen LogP contribution is -1.79. The molecule has 0 spiro atoms. The van der Waals surface area contributed by atoms with Crippen LogP contribution < -0.4 is 0 Å². The molecule has 1 radical (unpaired) electrons. The highest BCUT2D eigenvalue weighted by Crippen LogP contribution is 2.18. The van der Waals surface area contributed by atoms with Gasteiger partial charge in [-0.1, -0.05) is 24.3 Å². The van der Waals surface area contributed by atoms with Crippen LogP contribution >= 0.6 is 0 Å². The smallest absolute Gasteiger partial charge is 0.0541 e. The van der Waals surface area contributed by atoms with Crippen LogP contribution in [0, 0.1) is 6.07 Å². The molecular weight excluding hydrogens is 158 g/mol. The summed E-state index contributed by atoms with van der Waals surface area (Å²) < 4.78 is 2.15. The summed E-state index contributed by atoms with van der Waals surface area (Å²) in [5, 5.41) is 1.17. The van der Waals surface area contributed by atoms with Crippen molar-refractivity contribution in [1.29, 1.82) is 0 Å². The minimum atomic E-state index is 1.13. The van der Waals surface area contributed by atoms with Gasteiger partial charge in [-0.2, -0.15) is 0 Å². The number of para-hydroxylation sites is 1. The summed E-state index contributed by atoms with van der Waals surface area (Å²) in [5.74, 6) is 0. The summed E-state index contributed by atoms with van der Waals surface area (Å²) in [4.78, 5) is 0. The average Bonchev–Trinajstić information content (AvgIpc) is 2.56. The minimum absolute atomic E-state index is 1.13. The largest absolute Gasteiger partial charge is 0.316 e. The Bertz CT molecular complexity index is 513. The van der Waals surface area contributed by atoms with Gasteiger partial charge in [0.05, 0.1) is 11.0 Å². The van der Waals surface area contributed by atoms with E-state index in [1.165, 1.54) is 10.9 Å². The maximum absolute atomic E-state index is 3.34. The number of nitrogens with zero attached hydrogens (tertiary/aromatic N) is 1. The van der Waals surface area contributed by atoms with Crippen molar-refractivity contribution in [2.75, 3.05) is 0 Å². The molecule has 2 aromatic heterocycles. The van der Waals surface area contributed by atoms with Gasteiger partial charge in [0.15, 0.2) is 0 Å². The van der Waals surface area contributed by atoms with Crippen LogP contribution in [0.5, 0.6) is 0 Å². The Hall–Kier alpha value is -1.76. The molecule has 0 fully saturated rings. The van der Waals surface area contributed by atoms with Gasteiger partial charge >= 0.3 is 0 Å². The number of pyridine rings is 1. The molecule has 0 saturated carbocycles. The van der Waals surface area contributed by atoms with Crippen LogP contribution in [0.1, 0.15) is 0 Å². The van der Waals surface area contributed by atoms with E-state index < -0.39 is 0 Å². The molecule has 0 unspecified atom stereocenters. The fourth-order valence-electron chi connectivity index (χ4n) is 1.68. The summed E-state index contributed by atoms with van der Waals surface area (Å²) in [5.41, 5.74) is 2.35. The van der Waals surface area contributed by atoms with E-state index in [4.69, 9.17) is 0 Å². The zero-order valence-electron chi connectivity index (χ0n) is 7.07. The summed E-state index contributed by atoms with van der Waals surface area (Å²) in [6.45, 7) is 0. The number of hydrogen-bond acceptors (Lipinski definition) is 0. The standard InChI is InChI=1S/C12H8N/c1-2-7-12-10(5-1)9-11-6-3-4-8-13(11)12/h1-8H. The molecule has 3 rings (SSSR count). The zero-order valence-corrected chi connectivity index (χ0v) is 7.07. The van der Waals surface area contributed by atoms with Crippen molar-refractivity contribution >= 4 is 16.4 Å². The molecule has 3 aromatic rings. The Balaban J connectivity index is 2.64. The molecule has 1 heteroatoms. The van der Waals surface area contributed by atoms with E-state index in [0.717, 1.165) is 5.52 Å². The quantitative estimate of drug-likeness (QED) is 0.483. The van der Waals surface area contributed by atoms with E-state index in [0.29, 0.717) is 0 Å². The number of fused-ring (bicyclic) bond motifs is 3. The van der Waals surface area contributed by atoms with Crippen LogP contribution in [-0.2, 0) is 0 Å². The first kappa shape index (κ1) is 6.72. The van der Waals surface area contributed by atoms with Gasteiger partial charge in [0.1, 0.15) is 0 Å². The molecule has 0 N–H and O–H groups in total. The number of benzene rings is 1. The van der Waals surface area contributed by atoms with Gasteiger partial charge in [0, 0.05) is 17.6 Å². The fraction of sp³-hybridized carbons (Fsp3) is 0. The number of hydrogen-bond donors (Lipinski definition) is 0. The monoisotopic (exact) mass is 166 g/mol. The Kier molecular flexibility index (Phi) is 1.22. The Labute approximate surface area is 76.2 Å². The highest BCUT2D eigenvalue weighted by molar-refractivity contribution is 5.86.